The van der Waals surface area contributed by atoms with E-state index < -0.39 is 5.97 Å². The molecular weight excluding hydrogens is 330 g/mol. The van der Waals surface area contributed by atoms with Crippen molar-refractivity contribution < 1.29 is 19.8 Å². The number of carboxylic acid groups (broad SMARTS) is 1. The van der Waals surface area contributed by atoms with E-state index in [1.165, 1.54) is 19.1 Å². The number of benzene rings is 3. The fraction of sp³-hybridized carbons (Fsp3) is 0.143. The summed E-state index contributed by atoms with van der Waals surface area (Å²) in [4.78, 5) is 25.0. The number of aromatic carboxylic acids is 1. The Hall–Kier alpha value is -3.34. The summed E-state index contributed by atoms with van der Waals surface area (Å²) in [7, 11) is 0. The number of aromatic hydroxyl groups is 1. The van der Waals surface area contributed by atoms with Crippen molar-refractivity contribution in [3.63, 3.8) is 0 Å². The molecular formula is C21H19NO4. The monoisotopic (exact) mass is 349 g/mol. The lowest BCUT2D eigenvalue weighted by Gasteiger charge is -2.22. The van der Waals surface area contributed by atoms with Gasteiger partial charge in [0.25, 0.3) is 0 Å². The first-order chi connectivity index (χ1) is 12.3. The highest BCUT2D eigenvalue weighted by atomic mass is 16.4. The van der Waals surface area contributed by atoms with Crippen LogP contribution in [0.1, 0.15) is 28.4 Å². The third-order valence-electron chi connectivity index (χ3n) is 4.32. The molecule has 0 unspecified atom stereocenters. The molecule has 0 bridgehead atoms. The van der Waals surface area contributed by atoms with Gasteiger partial charge in [0.05, 0.1) is 6.54 Å². The van der Waals surface area contributed by atoms with Crippen LogP contribution in [0.2, 0.25) is 0 Å². The van der Waals surface area contributed by atoms with E-state index in [-0.39, 0.29) is 17.2 Å². The molecule has 2 N–H and O–H groups in total. The van der Waals surface area contributed by atoms with Gasteiger partial charge < -0.3 is 15.1 Å². The molecule has 5 heteroatoms. The van der Waals surface area contributed by atoms with Crippen LogP contribution in [0, 0.1) is 6.92 Å². The third-order valence-corrected chi connectivity index (χ3v) is 4.32. The molecule has 132 valence electrons. The van der Waals surface area contributed by atoms with E-state index in [1.807, 2.05) is 49.4 Å². The molecule has 0 aliphatic carbocycles. The van der Waals surface area contributed by atoms with Crippen LogP contribution in [0.5, 0.6) is 5.75 Å². The molecule has 0 saturated carbocycles. The number of nitrogens with zero attached hydrogens (tertiary/aromatic N) is 1. The molecule has 3 aromatic rings. The van der Waals surface area contributed by atoms with Crippen molar-refractivity contribution in [2.75, 3.05) is 4.90 Å². The number of amides is 1. The van der Waals surface area contributed by atoms with Crippen LogP contribution in [-0.4, -0.2) is 22.1 Å². The Kier molecular flexibility index (Phi) is 4.63. The summed E-state index contributed by atoms with van der Waals surface area (Å²) in [5, 5.41) is 20.4. The molecule has 0 heterocycles. The molecule has 0 spiro atoms. The minimum atomic E-state index is -1.18. The smallest absolute Gasteiger partial charge is 0.339 e. The molecule has 1 amide bonds. The van der Waals surface area contributed by atoms with Gasteiger partial charge in [0.1, 0.15) is 11.3 Å². The highest BCUT2D eigenvalue weighted by Gasteiger charge is 2.14. The summed E-state index contributed by atoms with van der Waals surface area (Å²) in [6.07, 6.45) is 0. The molecule has 26 heavy (non-hydrogen) atoms. The number of hydrogen-bond acceptors (Lipinski definition) is 3. The summed E-state index contributed by atoms with van der Waals surface area (Å²) in [5.41, 5.74) is 2.65. The van der Waals surface area contributed by atoms with Gasteiger partial charge in [0, 0.05) is 12.6 Å². The zero-order valence-electron chi connectivity index (χ0n) is 14.6. The van der Waals surface area contributed by atoms with E-state index in [4.69, 9.17) is 0 Å². The lowest BCUT2D eigenvalue weighted by Crippen LogP contribution is -2.27. The zero-order valence-corrected chi connectivity index (χ0v) is 14.6. The molecule has 0 radical (unpaired) electrons. The maximum Gasteiger partial charge on any atom is 0.339 e. The van der Waals surface area contributed by atoms with Crippen molar-refractivity contribution in [3.8, 4) is 5.75 Å². The quantitative estimate of drug-likeness (QED) is 0.743. The number of fused-ring (bicyclic) bond motifs is 1. The molecule has 0 aromatic heterocycles. The van der Waals surface area contributed by atoms with Gasteiger partial charge in [-0.3, -0.25) is 4.79 Å². The number of carbonyl (C=O) groups is 2. The molecule has 0 saturated heterocycles. The Morgan fingerprint density at radius 1 is 0.962 bits per heavy atom. The van der Waals surface area contributed by atoms with Gasteiger partial charge in [-0.15, -0.1) is 0 Å². The minimum Gasteiger partial charge on any atom is -0.507 e. The van der Waals surface area contributed by atoms with Crippen molar-refractivity contribution >= 4 is 28.3 Å². The van der Waals surface area contributed by atoms with Gasteiger partial charge in [0.2, 0.25) is 5.91 Å². The normalized spacial score (nSPS) is 10.7. The average molecular weight is 349 g/mol. The van der Waals surface area contributed by atoms with E-state index in [0.29, 0.717) is 11.9 Å². The first-order valence-corrected chi connectivity index (χ1v) is 8.19. The van der Waals surface area contributed by atoms with Crippen LogP contribution in [0.15, 0.2) is 54.6 Å². The van der Waals surface area contributed by atoms with Gasteiger partial charge >= 0.3 is 5.97 Å². The van der Waals surface area contributed by atoms with E-state index in [1.54, 1.807) is 4.90 Å². The van der Waals surface area contributed by atoms with E-state index in [9.17, 15) is 19.8 Å². The van der Waals surface area contributed by atoms with Crippen LogP contribution < -0.4 is 4.90 Å². The molecule has 0 aliphatic rings. The summed E-state index contributed by atoms with van der Waals surface area (Å²) in [6, 6.07) is 16.1. The van der Waals surface area contributed by atoms with Gasteiger partial charge in [0.15, 0.2) is 0 Å². The van der Waals surface area contributed by atoms with Crippen molar-refractivity contribution in [1.29, 1.82) is 0 Å². The van der Waals surface area contributed by atoms with E-state index in [2.05, 4.69) is 0 Å². The highest BCUT2D eigenvalue weighted by Crippen LogP contribution is 2.27. The SMILES string of the molecule is CC(=O)N(Cc1ccc2cc(O)c(C(=O)O)cc2c1)c1ccc(C)cc1. The Morgan fingerprint density at radius 3 is 2.27 bits per heavy atom. The summed E-state index contributed by atoms with van der Waals surface area (Å²) >= 11 is 0. The summed E-state index contributed by atoms with van der Waals surface area (Å²) < 4.78 is 0. The topological polar surface area (TPSA) is 77.8 Å². The highest BCUT2D eigenvalue weighted by molar-refractivity contribution is 5.98. The van der Waals surface area contributed by atoms with Gasteiger partial charge in [-0.25, -0.2) is 4.79 Å². The number of rotatable bonds is 4. The van der Waals surface area contributed by atoms with Crippen LogP contribution in [-0.2, 0) is 11.3 Å². The predicted molar refractivity (Wildman–Crippen MR) is 101 cm³/mol. The number of carbonyl (C=O) groups excluding carboxylic acids is 1. The fourth-order valence-electron chi connectivity index (χ4n) is 2.90. The van der Waals surface area contributed by atoms with Crippen LogP contribution >= 0.6 is 0 Å². The van der Waals surface area contributed by atoms with Gasteiger partial charge in [-0.1, -0.05) is 29.8 Å². The lowest BCUT2D eigenvalue weighted by molar-refractivity contribution is -0.116. The molecule has 3 aromatic carbocycles. The maximum atomic E-state index is 12.1. The van der Waals surface area contributed by atoms with Crippen LogP contribution in [0.25, 0.3) is 10.8 Å². The fourth-order valence-corrected chi connectivity index (χ4v) is 2.90. The standard InChI is InChI=1S/C21H19NO4/c1-13-3-7-18(8-4-13)22(14(2)23)12-15-5-6-16-11-20(24)19(21(25)26)10-17(16)9-15/h3-11,24H,12H2,1-2H3,(H,25,26). The Morgan fingerprint density at radius 2 is 1.65 bits per heavy atom. The zero-order chi connectivity index (χ0) is 18.8. The Bertz CT molecular complexity index is 993. The largest absolute Gasteiger partial charge is 0.507 e. The minimum absolute atomic E-state index is 0.0779. The van der Waals surface area contributed by atoms with Crippen molar-refractivity contribution in [1.82, 2.24) is 0 Å². The average Bonchev–Trinajstić information content (AvgIpc) is 2.59. The predicted octanol–water partition coefficient (Wildman–Crippen LogP) is 4.11. The Labute approximate surface area is 151 Å². The number of anilines is 1. The lowest BCUT2D eigenvalue weighted by atomic mass is 10.0. The summed E-state index contributed by atoms with van der Waals surface area (Å²) in [6.45, 7) is 3.87. The third kappa shape index (κ3) is 3.52. The molecule has 0 atom stereocenters. The number of phenols is 1. The molecule has 0 aliphatic heterocycles. The molecule has 5 nitrogen and oxygen atoms in total. The second-order valence-corrected chi connectivity index (χ2v) is 6.30. The van der Waals surface area contributed by atoms with Crippen LogP contribution in [0.4, 0.5) is 5.69 Å². The van der Waals surface area contributed by atoms with Crippen molar-refractivity contribution in [2.45, 2.75) is 20.4 Å². The van der Waals surface area contributed by atoms with E-state index in [0.717, 1.165) is 22.2 Å². The second kappa shape index (κ2) is 6.88. The van der Waals surface area contributed by atoms with Crippen LogP contribution in [0.3, 0.4) is 0 Å². The maximum absolute atomic E-state index is 12.1. The first-order valence-electron chi connectivity index (χ1n) is 8.19. The van der Waals surface area contributed by atoms with Gasteiger partial charge in [-0.05, 0) is 53.6 Å². The Balaban J connectivity index is 1.98. The number of carboxylic acids is 1. The second-order valence-electron chi connectivity index (χ2n) is 6.30. The van der Waals surface area contributed by atoms with E-state index >= 15 is 0 Å². The van der Waals surface area contributed by atoms with Gasteiger partial charge in [-0.2, -0.15) is 0 Å². The summed E-state index contributed by atoms with van der Waals surface area (Å²) in [5.74, 6) is -1.52. The molecule has 3 rings (SSSR count). The number of hydrogen-bond donors (Lipinski definition) is 2. The van der Waals surface area contributed by atoms with Crippen molar-refractivity contribution in [2.24, 2.45) is 0 Å². The molecule has 0 fully saturated rings. The number of aryl methyl sites for hydroxylation is 1. The van der Waals surface area contributed by atoms with Crippen molar-refractivity contribution in [3.05, 3.63) is 71.3 Å². The first kappa shape index (κ1) is 17.5.